The molecule has 84 valence electrons. The zero-order valence-electron chi connectivity index (χ0n) is 9.51. The fourth-order valence-electron chi connectivity index (χ4n) is 1.51. The van der Waals surface area contributed by atoms with Crippen molar-refractivity contribution >= 4 is 5.82 Å². The van der Waals surface area contributed by atoms with Crippen LogP contribution in [-0.2, 0) is 0 Å². The second kappa shape index (κ2) is 4.74. The summed E-state index contributed by atoms with van der Waals surface area (Å²) in [5, 5.41) is 3.28. The molecule has 0 aliphatic heterocycles. The highest BCUT2D eigenvalue weighted by molar-refractivity contribution is 5.50. The number of nitrogens with zero attached hydrogens (tertiary/aromatic N) is 4. The van der Waals surface area contributed by atoms with Crippen LogP contribution in [0.1, 0.15) is 18.9 Å². The zero-order chi connectivity index (χ0) is 11.4. The van der Waals surface area contributed by atoms with Gasteiger partial charge >= 0.3 is 0 Å². The molecule has 1 N–H and O–H groups in total. The van der Waals surface area contributed by atoms with Gasteiger partial charge in [0.15, 0.2) is 0 Å². The Kier molecular flexibility index (Phi) is 3.14. The maximum atomic E-state index is 4.26. The van der Waals surface area contributed by atoms with Crippen LogP contribution in [0.5, 0.6) is 0 Å². The van der Waals surface area contributed by atoms with E-state index in [1.807, 2.05) is 17.7 Å². The molecule has 0 aliphatic carbocycles. The van der Waals surface area contributed by atoms with Crippen LogP contribution in [0, 0.1) is 6.92 Å². The third kappa shape index (κ3) is 2.03. The molecule has 0 aliphatic rings. The van der Waals surface area contributed by atoms with E-state index in [1.165, 1.54) is 0 Å². The molecule has 5 heteroatoms. The predicted octanol–water partition coefficient (Wildman–Crippen LogP) is 1.79. The van der Waals surface area contributed by atoms with E-state index in [-0.39, 0.29) is 0 Å². The van der Waals surface area contributed by atoms with Gasteiger partial charge in [-0.15, -0.1) is 0 Å². The lowest BCUT2D eigenvalue weighted by molar-refractivity contribution is 0.926. The monoisotopic (exact) mass is 217 g/mol. The van der Waals surface area contributed by atoms with E-state index in [2.05, 4.69) is 27.2 Å². The number of imidazole rings is 1. The molecule has 0 amide bonds. The van der Waals surface area contributed by atoms with Crippen LogP contribution in [0.25, 0.3) is 5.82 Å². The lowest BCUT2D eigenvalue weighted by Crippen LogP contribution is -2.07. The minimum Gasteiger partial charge on any atom is -0.370 e. The molecule has 16 heavy (non-hydrogen) atoms. The van der Waals surface area contributed by atoms with Gasteiger partial charge in [0.25, 0.3) is 0 Å². The van der Waals surface area contributed by atoms with Crippen LogP contribution in [0.2, 0.25) is 0 Å². The van der Waals surface area contributed by atoms with E-state index >= 15 is 0 Å². The van der Waals surface area contributed by atoms with Crippen LogP contribution in [0.4, 0.5) is 5.82 Å². The topological polar surface area (TPSA) is 55.6 Å². The highest BCUT2D eigenvalue weighted by Crippen LogP contribution is 2.16. The summed E-state index contributed by atoms with van der Waals surface area (Å²) in [6.45, 7) is 5.05. The first-order chi connectivity index (χ1) is 7.83. The van der Waals surface area contributed by atoms with Gasteiger partial charge in [0.2, 0.25) is 0 Å². The SMILES string of the molecule is CCCNc1ncnc(-n2ccnc2)c1C. The molecule has 0 fully saturated rings. The maximum absolute atomic E-state index is 4.26. The van der Waals surface area contributed by atoms with E-state index in [4.69, 9.17) is 0 Å². The van der Waals surface area contributed by atoms with Crippen LogP contribution in [-0.4, -0.2) is 26.1 Å². The molecule has 2 aromatic heterocycles. The van der Waals surface area contributed by atoms with Crippen molar-refractivity contribution in [2.24, 2.45) is 0 Å². The Morgan fingerprint density at radius 1 is 1.38 bits per heavy atom. The number of aromatic nitrogens is 4. The summed E-state index contributed by atoms with van der Waals surface area (Å²) in [7, 11) is 0. The molecule has 2 rings (SSSR count). The average Bonchev–Trinajstić information content (AvgIpc) is 2.81. The molecular weight excluding hydrogens is 202 g/mol. The molecule has 0 unspecified atom stereocenters. The first-order valence-corrected chi connectivity index (χ1v) is 5.36. The lowest BCUT2D eigenvalue weighted by Gasteiger charge is -2.10. The molecule has 0 atom stereocenters. The Morgan fingerprint density at radius 2 is 2.25 bits per heavy atom. The van der Waals surface area contributed by atoms with Gasteiger partial charge < -0.3 is 5.32 Å². The molecule has 2 aromatic rings. The predicted molar refractivity (Wildman–Crippen MR) is 62.7 cm³/mol. The molecule has 0 saturated carbocycles. The van der Waals surface area contributed by atoms with E-state index in [9.17, 15) is 0 Å². The van der Waals surface area contributed by atoms with Crippen LogP contribution in [0.3, 0.4) is 0 Å². The molecule has 0 radical (unpaired) electrons. The highest BCUT2D eigenvalue weighted by atomic mass is 15.1. The summed E-state index contributed by atoms with van der Waals surface area (Å²) in [6.07, 6.45) is 7.99. The Balaban J connectivity index is 2.33. The first kappa shape index (κ1) is 10.6. The maximum Gasteiger partial charge on any atom is 0.146 e. The van der Waals surface area contributed by atoms with Crippen LogP contribution >= 0.6 is 0 Å². The van der Waals surface area contributed by atoms with Gasteiger partial charge in [-0.2, -0.15) is 0 Å². The highest BCUT2D eigenvalue weighted by Gasteiger charge is 2.07. The second-order valence-electron chi connectivity index (χ2n) is 3.57. The van der Waals surface area contributed by atoms with Crippen molar-refractivity contribution in [1.82, 2.24) is 19.5 Å². The molecule has 0 bridgehead atoms. The molecule has 0 spiro atoms. The van der Waals surface area contributed by atoms with Crippen LogP contribution in [0.15, 0.2) is 25.0 Å². The van der Waals surface area contributed by atoms with Crippen molar-refractivity contribution in [2.75, 3.05) is 11.9 Å². The van der Waals surface area contributed by atoms with E-state index in [0.29, 0.717) is 0 Å². The fourth-order valence-corrected chi connectivity index (χ4v) is 1.51. The zero-order valence-corrected chi connectivity index (χ0v) is 9.51. The fraction of sp³-hybridized carbons (Fsp3) is 0.364. The van der Waals surface area contributed by atoms with Crippen molar-refractivity contribution in [1.29, 1.82) is 0 Å². The van der Waals surface area contributed by atoms with E-state index in [1.54, 1.807) is 18.9 Å². The quantitative estimate of drug-likeness (QED) is 0.848. The van der Waals surface area contributed by atoms with Gasteiger partial charge in [0, 0.05) is 24.5 Å². The van der Waals surface area contributed by atoms with Crippen LogP contribution < -0.4 is 5.32 Å². The second-order valence-corrected chi connectivity index (χ2v) is 3.57. The largest absolute Gasteiger partial charge is 0.370 e. The Bertz CT molecular complexity index is 449. The van der Waals surface area contributed by atoms with Gasteiger partial charge in [-0.1, -0.05) is 6.92 Å². The third-order valence-corrected chi connectivity index (χ3v) is 2.35. The minimum atomic E-state index is 0.867. The van der Waals surface area contributed by atoms with E-state index < -0.39 is 0 Å². The molecule has 2 heterocycles. The normalized spacial score (nSPS) is 10.4. The molecule has 0 saturated heterocycles. The summed E-state index contributed by atoms with van der Waals surface area (Å²) in [5.41, 5.74) is 1.04. The first-order valence-electron chi connectivity index (χ1n) is 5.36. The van der Waals surface area contributed by atoms with E-state index in [0.717, 1.165) is 30.2 Å². The summed E-state index contributed by atoms with van der Waals surface area (Å²) in [6, 6.07) is 0. The number of anilines is 1. The third-order valence-electron chi connectivity index (χ3n) is 2.35. The number of nitrogens with one attached hydrogen (secondary N) is 1. The Labute approximate surface area is 94.6 Å². The average molecular weight is 217 g/mol. The number of hydrogen-bond acceptors (Lipinski definition) is 4. The van der Waals surface area contributed by atoms with Crippen molar-refractivity contribution < 1.29 is 0 Å². The standard InChI is InChI=1S/C11H15N5/c1-3-4-13-10-9(2)11(15-7-14-10)16-6-5-12-8-16/h5-8H,3-4H2,1-2H3,(H,13,14,15). The number of rotatable bonds is 4. The van der Waals surface area contributed by atoms with Gasteiger partial charge in [0.1, 0.15) is 24.3 Å². The van der Waals surface area contributed by atoms with Gasteiger partial charge in [-0.3, -0.25) is 4.57 Å². The lowest BCUT2D eigenvalue weighted by atomic mass is 10.3. The van der Waals surface area contributed by atoms with Gasteiger partial charge in [0.05, 0.1) is 0 Å². The van der Waals surface area contributed by atoms with Crippen molar-refractivity contribution in [3.63, 3.8) is 0 Å². The summed E-state index contributed by atoms with van der Waals surface area (Å²) in [4.78, 5) is 12.5. The minimum absolute atomic E-state index is 0.867. The van der Waals surface area contributed by atoms with Crippen molar-refractivity contribution in [3.05, 3.63) is 30.6 Å². The summed E-state index contributed by atoms with van der Waals surface area (Å²) >= 11 is 0. The smallest absolute Gasteiger partial charge is 0.146 e. The number of hydrogen-bond donors (Lipinski definition) is 1. The Hall–Kier alpha value is -1.91. The summed E-state index contributed by atoms with van der Waals surface area (Å²) in [5.74, 6) is 1.76. The molecular formula is C11H15N5. The summed E-state index contributed by atoms with van der Waals surface area (Å²) < 4.78 is 1.88. The van der Waals surface area contributed by atoms with Gasteiger partial charge in [-0.05, 0) is 13.3 Å². The Morgan fingerprint density at radius 3 is 2.94 bits per heavy atom. The molecule has 5 nitrogen and oxygen atoms in total. The van der Waals surface area contributed by atoms with Crippen molar-refractivity contribution in [3.8, 4) is 5.82 Å². The molecule has 0 aromatic carbocycles. The van der Waals surface area contributed by atoms with Crippen molar-refractivity contribution in [2.45, 2.75) is 20.3 Å². The van der Waals surface area contributed by atoms with Gasteiger partial charge in [-0.25, -0.2) is 15.0 Å².